The molecule has 0 aromatic heterocycles. The van der Waals surface area contributed by atoms with E-state index in [0.29, 0.717) is 19.0 Å². The molecule has 1 fully saturated rings. The van der Waals surface area contributed by atoms with Gasteiger partial charge in [-0.3, -0.25) is 0 Å². The fraction of sp³-hybridized carbons (Fsp3) is 0.538. The molecule has 0 radical (unpaired) electrons. The number of nitrogens with zero attached hydrogens (tertiary/aromatic N) is 1. The molecule has 1 aromatic carbocycles. The highest BCUT2D eigenvalue weighted by Crippen LogP contribution is 2.34. The lowest BCUT2D eigenvalue weighted by molar-refractivity contribution is 0.303. The van der Waals surface area contributed by atoms with Crippen LogP contribution in [0, 0.1) is 17.6 Å². The highest BCUT2D eigenvalue weighted by atomic mass is 79.9. The Labute approximate surface area is 131 Å². The molecule has 0 bridgehead atoms. The summed E-state index contributed by atoms with van der Waals surface area (Å²) in [6.45, 7) is 0.387. The van der Waals surface area contributed by atoms with Crippen LogP contribution in [0.3, 0.4) is 0 Å². The van der Waals surface area contributed by atoms with Crippen LogP contribution in [0.5, 0.6) is 0 Å². The number of hydrogen-bond donors (Lipinski definition) is 1. The zero-order valence-electron chi connectivity index (χ0n) is 11.5. The Bertz CT molecular complexity index is 616. The van der Waals surface area contributed by atoms with Crippen molar-refractivity contribution in [2.75, 3.05) is 13.6 Å². The van der Waals surface area contributed by atoms with Crippen molar-refractivity contribution in [3.8, 4) is 0 Å². The van der Waals surface area contributed by atoms with E-state index >= 15 is 0 Å². The van der Waals surface area contributed by atoms with Gasteiger partial charge in [-0.25, -0.2) is 17.2 Å². The van der Waals surface area contributed by atoms with Crippen molar-refractivity contribution in [2.24, 2.45) is 11.7 Å². The molecule has 2 unspecified atom stereocenters. The van der Waals surface area contributed by atoms with E-state index in [1.54, 1.807) is 0 Å². The molecule has 0 heterocycles. The number of hydrogen-bond acceptors (Lipinski definition) is 3. The number of rotatable bonds is 4. The maximum atomic E-state index is 13.9. The lowest BCUT2D eigenvalue weighted by atomic mass is 10.0. The first-order chi connectivity index (χ1) is 9.78. The van der Waals surface area contributed by atoms with Crippen molar-refractivity contribution in [3.05, 3.63) is 28.2 Å². The van der Waals surface area contributed by atoms with Crippen LogP contribution in [0.1, 0.15) is 19.3 Å². The molecule has 118 valence electrons. The van der Waals surface area contributed by atoms with Crippen LogP contribution in [0.25, 0.3) is 0 Å². The molecule has 21 heavy (non-hydrogen) atoms. The van der Waals surface area contributed by atoms with Crippen molar-refractivity contribution in [2.45, 2.75) is 30.2 Å². The summed E-state index contributed by atoms with van der Waals surface area (Å²) in [5, 5.41) is 0. The fourth-order valence-electron chi connectivity index (χ4n) is 2.87. The maximum absolute atomic E-state index is 13.9. The van der Waals surface area contributed by atoms with Crippen LogP contribution in [-0.4, -0.2) is 32.4 Å². The van der Waals surface area contributed by atoms with Gasteiger partial charge < -0.3 is 5.73 Å². The Morgan fingerprint density at radius 2 is 2.05 bits per heavy atom. The Morgan fingerprint density at radius 3 is 2.62 bits per heavy atom. The van der Waals surface area contributed by atoms with E-state index in [9.17, 15) is 17.2 Å². The minimum atomic E-state index is -4.05. The van der Waals surface area contributed by atoms with Crippen LogP contribution in [0.2, 0.25) is 0 Å². The van der Waals surface area contributed by atoms with Gasteiger partial charge in [0, 0.05) is 23.6 Å². The van der Waals surface area contributed by atoms with Crippen LogP contribution >= 0.6 is 15.9 Å². The molecule has 2 N–H and O–H groups in total. The van der Waals surface area contributed by atoms with Gasteiger partial charge in [0.05, 0.1) is 0 Å². The average molecular weight is 383 g/mol. The third-order valence-electron chi connectivity index (χ3n) is 3.99. The Kier molecular flexibility index (Phi) is 5.02. The average Bonchev–Trinajstić information content (AvgIpc) is 2.83. The van der Waals surface area contributed by atoms with E-state index in [0.717, 1.165) is 18.9 Å². The minimum Gasteiger partial charge on any atom is -0.330 e. The topological polar surface area (TPSA) is 63.4 Å². The Morgan fingerprint density at radius 1 is 1.38 bits per heavy atom. The predicted molar refractivity (Wildman–Crippen MR) is 79.2 cm³/mol. The van der Waals surface area contributed by atoms with Crippen LogP contribution in [0.4, 0.5) is 8.78 Å². The van der Waals surface area contributed by atoms with Crippen molar-refractivity contribution in [3.63, 3.8) is 0 Å². The second-order valence-electron chi connectivity index (χ2n) is 5.21. The third kappa shape index (κ3) is 3.13. The summed E-state index contributed by atoms with van der Waals surface area (Å²) in [7, 11) is -2.63. The van der Waals surface area contributed by atoms with Crippen LogP contribution in [0.15, 0.2) is 21.5 Å². The quantitative estimate of drug-likeness (QED) is 0.869. The molecule has 1 aromatic rings. The van der Waals surface area contributed by atoms with E-state index in [-0.39, 0.29) is 16.4 Å². The van der Waals surface area contributed by atoms with Crippen LogP contribution < -0.4 is 5.73 Å². The van der Waals surface area contributed by atoms with E-state index < -0.39 is 26.6 Å². The molecule has 4 nitrogen and oxygen atoms in total. The van der Waals surface area contributed by atoms with E-state index in [2.05, 4.69) is 15.9 Å². The first-order valence-electron chi connectivity index (χ1n) is 6.61. The van der Waals surface area contributed by atoms with Gasteiger partial charge in [0.1, 0.15) is 16.5 Å². The highest BCUT2D eigenvalue weighted by Gasteiger charge is 2.38. The highest BCUT2D eigenvalue weighted by molar-refractivity contribution is 9.10. The molecule has 1 saturated carbocycles. The fourth-order valence-corrected chi connectivity index (χ4v) is 5.42. The third-order valence-corrected chi connectivity index (χ3v) is 6.84. The maximum Gasteiger partial charge on any atom is 0.247 e. The Hall–Kier alpha value is -0.570. The summed E-state index contributed by atoms with van der Waals surface area (Å²) in [6, 6.07) is 1.26. The van der Waals surface area contributed by atoms with Gasteiger partial charge in [-0.2, -0.15) is 4.31 Å². The first kappa shape index (κ1) is 16.8. The van der Waals surface area contributed by atoms with Gasteiger partial charge in [0.2, 0.25) is 10.0 Å². The number of benzene rings is 1. The van der Waals surface area contributed by atoms with E-state index in [1.165, 1.54) is 11.4 Å². The van der Waals surface area contributed by atoms with Gasteiger partial charge >= 0.3 is 0 Å². The van der Waals surface area contributed by atoms with Gasteiger partial charge in [0.15, 0.2) is 0 Å². The second-order valence-corrected chi connectivity index (χ2v) is 8.00. The first-order valence-corrected chi connectivity index (χ1v) is 8.85. The summed E-state index contributed by atoms with van der Waals surface area (Å²) < 4.78 is 53.4. The largest absolute Gasteiger partial charge is 0.330 e. The minimum absolute atomic E-state index is 0.0621. The van der Waals surface area contributed by atoms with Crippen molar-refractivity contribution >= 4 is 26.0 Å². The number of sulfonamides is 1. The zero-order chi connectivity index (χ0) is 15.8. The second kappa shape index (κ2) is 6.28. The molecular weight excluding hydrogens is 366 g/mol. The molecular formula is C13H17BrF2N2O2S. The zero-order valence-corrected chi connectivity index (χ0v) is 13.9. The monoisotopic (exact) mass is 382 g/mol. The molecule has 8 heteroatoms. The van der Waals surface area contributed by atoms with Crippen molar-refractivity contribution < 1.29 is 17.2 Å². The van der Waals surface area contributed by atoms with Gasteiger partial charge in [-0.05, 0) is 47.3 Å². The SMILES string of the molecule is CN(C1CCCC1CN)S(=O)(=O)c1c(F)cc(F)cc1Br. The molecule has 0 amide bonds. The summed E-state index contributed by atoms with van der Waals surface area (Å²) >= 11 is 2.93. The Balaban J connectivity index is 2.43. The predicted octanol–water partition coefficient (Wildman–Crippen LogP) is 2.48. The van der Waals surface area contributed by atoms with Crippen LogP contribution in [-0.2, 0) is 10.0 Å². The number of nitrogens with two attached hydrogens (primary N) is 1. The normalized spacial score (nSPS) is 23.0. The number of halogens is 3. The van der Waals surface area contributed by atoms with E-state index in [4.69, 9.17) is 5.73 Å². The van der Waals surface area contributed by atoms with Gasteiger partial charge in [-0.15, -0.1) is 0 Å². The molecule has 2 rings (SSSR count). The summed E-state index contributed by atoms with van der Waals surface area (Å²) in [5.41, 5.74) is 5.67. The standard InChI is InChI=1S/C13H17BrF2N2O2S/c1-18(12-4-2-3-8(12)7-17)21(19,20)13-10(14)5-9(15)6-11(13)16/h5-6,8,12H,2-4,7,17H2,1H3. The van der Waals surface area contributed by atoms with Gasteiger partial charge in [0.25, 0.3) is 0 Å². The summed E-state index contributed by atoms with van der Waals surface area (Å²) in [5.74, 6) is -1.87. The van der Waals surface area contributed by atoms with E-state index in [1.807, 2.05) is 0 Å². The van der Waals surface area contributed by atoms with Crippen molar-refractivity contribution in [1.29, 1.82) is 0 Å². The molecule has 2 atom stereocenters. The van der Waals surface area contributed by atoms with Crippen molar-refractivity contribution in [1.82, 2.24) is 4.31 Å². The lowest BCUT2D eigenvalue weighted by Crippen LogP contribution is -2.41. The molecule has 1 aliphatic carbocycles. The van der Waals surface area contributed by atoms with Gasteiger partial charge in [-0.1, -0.05) is 6.42 Å². The molecule has 1 aliphatic rings. The summed E-state index contributed by atoms with van der Waals surface area (Å²) in [6.07, 6.45) is 2.44. The smallest absolute Gasteiger partial charge is 0.247 e. The molecule has 0 aliphatic heterocycles. The molecule has 0 saturated heterocycles. The lowest BCUT2D eigenvalue weighted by Gasteiger charge is -2.28. The summed E-state index contributed by atoms with van der Waals surface area (Å²) in [4.78, 5) is -0.533. The molecule has 0 spiro atoms.